The van der Waals surface area contributed by atoms with Crippen LogP contribution in [0.15, 0.2) is 48.5 Å². The van der Waals surface area contributed by atoms with E-state index in [1.807, 2.05) is 24.3 Å². The number of hydrogen-bond acceptors (Lipinski definition) is 6. The summed E-state index contributed by atoms with van der Waals surface area (Å²) >= 11 is 0. The zero-order valence-corrected chi connectivity index (χ0v) is 21.3. The molecular weight excluding hydrogens is 449 g/mol. The average molecular weight is 484 g/mol. The van der Waals surface area contributed by atoms with Gasteiger partial charge in [-0.1, -0.05) is 48.5 Å². The summed E-state index contributed by atoms with van der Waals surface area (Å²) in [5, 5.41) is 11.6. The number of carbonyl (C=O) groups excluding carboxylic acids is 1. The van der Waals surface area contributed by atoms with Crippen LogP contribution in [0.2, 0.25) is 0 Å². The van der Waals surface area contributed by atoms with Gasteiger partial charge in [-0.05, 0) is 49.9 Å². The molecule has 0 fully saturated rings. The first kappa shape index (κ1) is 26.1. The molecule has 34 heavy (non-hydrogen) atoms. The van der Waals surface area contributed by atoms with E-state index in [1.165, 1.54) is 22.3 Å². The average Bonchev–Trinajstić information content (AvgIpc) is 3.13. The zero-order valence-electron chi connectivity index (χ0n) is 20.4. The first-order chi connectivity index (χ1) is 16.4. The topological polar surface area (TPSA) is 83.8 Å². The van der Waals surface area contributed by atoms with E-state index in [9.17, 15) is 4.79 Å². The molecule has 0 bridgehead atoms. The zero-order chi connectivity index (χ0) is 24.5. The van der Waals surface area contributed by atoms with Crippen molar-refractivity contribution in [3.63, 3.8) is 0 Å². The SMILES string of the molecule is CC(C)N(C(C)C)P(OCCC#N)OCCNC(=O)OCC1c2ccccc2-c2ccccc21. The van der Waals surface area contributed by atoms with Crippen LogP contribution in [-0.2, 0) is 13.8 Å². The van der Waals surface area contributed by atoms with Crippen molar-refractivity contribution in [2.45, 2.75) is 52.1 Å². The third-order valence-electron chi connectivity index (χ3n) is 5.58. The summed E-state index contributed by atoms with van der Waals surface area (Å²) in [5.74, 6) is 0.0291. The van der Waals surface area contributed by atoms with E-state index in [4.69, 9.17) is 19.0 Å². The Morgan fingerprint density at radius 3 is 2.12 bits per heavy atom. The Kier molecular flexibility index (Phi) is 9.86. The molecule has 1 aliphatic rings. The summed E-state index contributed by atoms with van der Waals surface area (Å²) in [6.07, 6.45) is -0.158. The number of nitrogens with zero attached hydrogens (tertiary/aromatic N) is 2. The number of hydrogen-bond donors (Lipinski definition) is 1. The lowest BCUT2D eigenvalue weighted by atomic mass is 9.98. The molecule has 7 nitrogen and oxygen atoms in total. The van der Waals surface area contributed by atoms with E-state index < -0.39 is 14.6 Å². The van der Waals surface area contributed by atoms with Gasteiger partial charge in [-0.2, -0.15) is 5.26 Å². The smallest absolute Gasteiger partial charge is 0.407 e. The van der Waals surface area contributed by atoms with Crippen molar-refractivity contribution in [3.8, 4) is 17.2 Å². The third-order valence-corrected chi connectivity index (χ3v) is 7.69. The minimum atomic E-state index is -1.33. The monoisotopic (exact) mass is 483 g/mol. The number of carbonyl (C=O) groups is 1. The van der Waals surface area contributed by atoms with Crippen LogP contribution in [0.25, 0.3) is 11.1 Å². The molecule has 0 spiro atoms. The standard InChI is InChI=1S/C26H34N3O4P/c1-19(2)29(20(3)4)34(32-16-9-14-27)33-17-15-28-26(30)31-18-25-23-12-7-5-10-21(23)22-11-6-8-13-24(22)25/h5-8,10-13,19-20,25H,9,15-18H2,1-4H3,(H,28,30). The molecule has 0 aromatic heterocycles. The maximum absolute atomic E-state index is 12.4. The lowest BCUT2D eigenvalue weighted by molar-refractivity contribution is 0.138. The number of nitriles is 1. The van der Waals surface area contributed by atoms with E-state index in [-0.39, 0.29) is 24.6 Å². The van der Waals surface area contributed by atoms with Crippen LogP contribution in [0.3, 0.4) is 0 Å². The van der Waals surface area contributed by atoms with Crippen LogP contribution in [0, 0.1) is 11.3 Å². The first-order valence-corrected chi connectivity index (χ1v) is 12.9. The van der Waals surface area contributed by atoms with Crippen molar-refractivity contribution >= 4 is 14.6 Å². The molecule has 2 aromatic carbocycles. The maximum Gasteiger partial charge on any atom is 0.407 e. The fourth-order valence-electron chi connectivity index (χ4n) is 4.24. The molecule has 0 aliphatic heterocycles. The van der Waals surface area contributed by atoms with Gasteiger partial charge in [-0.15, -0.1) is 0 Å². The normalized spacial score (nSPS) is 13.6. The Labute approximate surface area is 204 Å². The molecule has 1 N–H and O–H groups in total. The quantitative estimate of drug-likeness (QED) is 0.303. The van der Waals surface area contributed by atoms with Gasteiger partial charge in [0.1, 0.15) is 6.61 Å². The van der Waals surface area contributed by atoms with E-state index in [2.05, 4.69) is 68.0 Å². The van der Waals surface area contributed by atoms with Crippen LogP contribution in [-0.4, -0.2) is 49.2 Å². The molecule has 1 atom stereocenters. The Hall–Kier alpha value is -2.49. The summed E-state index contributed by atoms with van der Waals surface area (Å²) in [6, 6.07) is 19.1. The van der Waals surface area contributed by atoms with Gasteiger partial charge in [0.15, 0.2) is 0 Å². The molecule has 1 unspecified atom stereocenters. The number of rotatable bonds is 12. The summed E-state index contributed by atoms with van der Waals surface area (Å²) < 4.78 is 19.6. The van der Waals surface area contributed by atoms with E-state index in [0.29, 0.717) is 26.2 Å². The summed E-state index contributed by atoms with van der Waals surface area (Å²) in [5.41, 5.74) is 4.76. The van der Waals surface area contributed by atoms with Gasteiger partial charge in [-0.25, -0.2) is 9.46 Å². The summed E-state index contributed by atoms with van der Waals surface area (Å²) in [6.45, 7) is 9.53. The minimum Gasteiger partial charge on any atom is -0.449 e. The van der Waals surface area contributed by atoms with E-state index >= 15 is 0 Å². The van der Waals surface area contributed by atoms with E-state index in [0.717, 1.165) is 0 Å². The van der Waals surface area contributed by atoms with Gasteiger partial charge in [0.25, 0.3) is 8.53 Å². The second-order valence-electron chi connectivity index (χ2n) is 8.63. The van der Waals surface area contributed by atoms with E-state index in [1.54, 1.807) is 0 Å². The fourth-order valence-corrected chi connectivity index (χ4v) is 5.83. The maximum atomic E-state index is 12.4. The Balaban J connectivity index is 1.49. The number of fused-ring (bicyclic) bond motifs is 3. The number of ether oxygens (including phenoxy) is 1. The molecule has 2 aromatic rings. The van der Waals surface area contributed by atoms with Crippen LogP contribution in [0.1, 0.15) is 51.2 Å². The molecule has 1 aliphatic carbocycles. The van der Waals surface area contributed by atoms with Crippen LogP contribution in [0.4, 0.5) is 4.79 Å². The van der Waals surface area contributed by atoms with Crippen molar-refractivity contribution in [3.05, 3.63) is 59.7 Å². The predicted molar refractivity (Wildman–Crippen MR) is 134 cm³/mol. The van der Waals surface area contributed by atoms with Crippen molar-refractivity contribution in [1.82, 2.24) is 9.99 Å². The van der Waals surface area contributed by atoms with Gasteiger partial charge in [-0.3, -0.25) is 0 Å². The molecule has 1 amide bonds. The Bertz CT molecular complexity index is 939. The molecule has 8 heteroatoms. The fraction of sp³-hybridized carbons (Fsp3) is 0.462. The molecular formula is C26H34N3O4P. The van der Waals surface area contributed by atoms with Crippen LogP contribution < -0.4 is 5.32 Å². The van der Waals surface area contributed by atoms with Crippen molar-refractivity contribution in [1.29, 1.82) is 5.26 Å². The molecule has 0 saturated carbocycles. The Morgan fingerprint density at radius 1 is 1.00 bits per heavy atom. The third kappa shape index (κ3) is 6.55. The Morgan fingerprint density at radius 2 is 1.56 bits per heavy atom. The number of alkyl carbamates (subject to hydrolysis) is 1. The van der Waals surface area contributed by atoms with Crippen molar-refractivity contribution in [2.75, 3.05) is 26.4 Å². The highest BCUT2D eigenvalue weighted by molar-refractivity contribution is 7.44. The van der Waals surface area contributed by atoms with Gasteiger partial charge < -0.3 is 19.1 Å². The number of nitrogens with one attached hydrogen (secondary N) is 1. The summed E-state index contributed by atoms with van der Waals surface area (Å²) in [7, 11) is -1.33. The van der Waals surface area contributed by atoms with Gasteiger partial charge in [0.05, 0.1) is 25.7 Å². The highest BCUT2D eigenvalue weighted by atomic mass is 31.2. The minimum absolute atomic E-state index is 0.0291. The second-order valence-corrected chi connectivity index (χ2v) is 10.1. The molecule has 0 heterocycles. The van der Waals surface area contributed by atoms with Gasteiger partial charge in [0.2, 0.25) is 0 Å². The molecule has 182 valence electrons. The van der Waals surface area contributed by atoms with Gasteiger partial charge in [0, 0.05) is 24.5 Å². The highest BCUT2D eigenvalue weighted by Crippen LogP contribution is 2.46. The van der Waals surface area contributed by atoms with Gasteiger partial charge >= 0.3 is 6.09 Å². The molecule has 3 rings (SSSR count). The lowest BCUT2D eigenvalue weighted by Gasteiger charge is -2.35. The first-order valence-electron chi connectivity index (χ1n) is 11.7. The number of benzene rings is 2. The highest BCUT2D eigenvalue weighted by Gasteiger charge is 2.29. The van der Waals surface area contributed by atoms with Crippen LogP contribution >= 0.6 is 8.53 Å². The second kappa shape index (κ2) is 12.8. The molecule has 0 radical (unpaired) electrons. The largest absolute Gasteiger partial charge is 0.449 e. The van der Waals surface area contributed by atoms with Crippen LogP contribution in [0.5, 0.6) is 0 Å². The summed E-state index contributed by atoms with van der Waals surface area (Å²) in [4.78, 5) is 12.4. The number of amides is 1. The van der Waals surface area contributed by atoms with Crippen molar-refractivity contribution < 1.29 is 18.6 Å². The predicted octanol–water partition coefficient (Wildman–Crippen LogP) is 5.82. The van der Waals surface area contributed by atoms with Crippen molar-refractivity contribution in [2.24, 2.45) is 0 Å². The lowest BCUT2D eigenvalue weighted by Crippen LogP contribution is -2.34. The molecule has 0 saturated heterocycles.